The van der Waals surface area contributed by atoms with Gasteiger partial charge in [0.2, 0.25) is 0 Å². The first-order valence-corrected chi connectivity index (χ1v) is 7.33. The van der Waals surface area contributed by atoms with E-state index in [1.54, 1.807) is 0 Å². The van der Waals surface area contributed by atoms with Crippen molar-refractivity contribution < 1.29 is 41.2 Å². The molecule has 0 amide bonds. The van der Waals surface area contributed by atoms with Crippen LogP contribution in [0.15, 0.2) is 0 Å². The summed E-state index contributed by atoms with van der Waals surface area (Å²) in [6.45, 7) is 2.19. The molecule has 0 unspecified atom stereocenters. The van der Waals surface area contributed by atoms with Gasteiger partial charge in [-0.15, -0.1) is 0 Å². The Labute approximate surface area is 112 Å². The first kappa shape index (κ1) is 17.8. The van der Waals surface area contributed by atoms with Gasteiger partial charge >= 0.3 is 6.72 Å². The standard InChI is InChI=1S/C8H19O3PS.Cd/c1-3-5-7-10-12(9,13)11-8-6-4-2;/h3-8H2,1-2H3,(H,9,13);. The van der Waals surface area contributed by atoms with Crippen LogP contribution < -0.4 is 0 Å². The molecule has 0 aliphatic rings. The Morgan fingerprint density at radius 2 is 1.43 bits per heavy atom. The van der Waals surface area contributed by atoms with Gasteiger partial charge in [0.05, 0.1) is 13.2 Å². The molecule has 0 spiro atoms. The van der Waals surface area contributed by atoms with Gasteiger partial charge in [0.25, 0.3) is 0 Å². The van der Waals surface area contributed by atoms with Crippen molar-refractivity contribution in [2.75, 3.05) is 13.2 Å². The Balaban J connectivity index is 0. The Hall–Kier alpha value is 1.45. The summed E-state index contributed by atoms with van der Waals surface area (Å²) in [5.41, 5.74) is 0. The molecule has 0 aliphatic carbocycles. The molecule has 0 heterocycles. The third kappa shape index (κ3) is 11.5. The molecule has 0 rings (SSSR count). The third-order valence-corrected chi connectivity index (χ3v) is 3.15. The molecule has 3 nitrogen and oxygen atoms in total. The molecule has 0 saturated heterocycles. The normalized spacial score (nSPS) is 11.1. The van der Waals surface area contributed by atoms with E-state index in [4.69, 9.17) is 20.9 Å². The predicted octanol–water partition coefficient (Wildman–Crippen LogP) is 2.83. The van der Waals surface area contributed by atoms with Gasteiger partial charge in [0, 0.05) is 27.3 Å². The summed E-state index contributed by atoms with van der Waals surface area (Å²) in [6.07, 6.45) is 3.89. The van der Waals surface area contributed by atoms with Crippen LogP contribution in [0.1, 0.15) is 39.5 Å². The molecule has 14 heavy (non-hydrogen) atoms. The van der Waals surface area contributed by atoms with Crippen LogP contribution in [-0.4, -0.2) is 18.1 Å². The molecule has 0 radical (unpaired) electrons. The number of hydrogen-bond donors (Lipinski definition) is 1. The van der Waals surface area contributed by atoms with Gasteiger partial charge in [-0.05, 0) is 24.6 Å². The predicted molar refractivity (Wildman–Crippen MR) is 58.2 cm³/mol. The van der Waals surface area contributed by atoms with Crippen LogP contribution in [0.2, 0.25) is 0 Å². The first-order valence-electron chi connectivity index (χ1n) is 4.74. The number of hydrogen-bond acceptors (Lipinski definition) is 3. The minimum absolute atomic E-state index is 0. The summed E-state index contributed by atoms with van der Waals surface area (Å²) >= 11 is 4.79. The molecule has 0 aromatic carbocycles. The van der Waals surface area contributed by atoms with Crippen LogP contribution in [0, 0.1) is 0 Å². The van der Waals surface area contributed by atoms with E-state index < -0.39 is 6.72 Å². The molecular formula is C8H19CdO3PS. The summed E-state index contributed by atoms with van der Waals surface area (Å²) in [4.78, 5) is 9.45. The van der Waals surface area contributed by atoms with Crippen LogP contribution in [0.25, 0.3) is 0 Å². The Morgan fingerprint density at radius 3 is 1.71 bits per heavy atom. The SMILES string of the molecule is CCCCOP(O)(=S)OCCCC.[Cd]. The molecule has 0 aromatic heterocycles. The largest absolute Gasteiger partial charge is 0.324 e. The van der Waals surface area contributed by atoms with E-state index in [0.29, 0.717) is 13.2 Å². The molecule has 0 saturated carbocycles. The molecule has 0 atom stereocenters. The molecular weight excluding hydrogens is 320 g/mol. The molecule has 0 aromatic rings. The van der Waals surface area contributed by atoms with Gasteiger partial charge in [0.1, 0.15) is 0 Å². The van der Waals surface area contributed by atoms with E-state index in [0.717, 1.165) is 25.7 Å². The average Bonchev–Trinajstić information content (AvgIpc) is 2.05. The topological polar surface area (TPSA) is 38.7 Å². The molecule has 82 valence electrons. The van der Waals surface area contributed by atoms with Gasteiger partial charge in [-0.2, -0.15) is 0 Å². The molecule has 0 bridgehead atoms. The second-order valence-electron chi connectivity index (χ2n) is 2.84. The van der Waals surface area contributed by atoms with Crippen LogP contribution in [0.5, 0.6) is 0 Å². The van der Waals surface area contributed by atoms with Crippen molar-refractivity contribution >= 4 is 18.5 Å². The first-order chi connectivity index (χ1) is 6.12. The van der Waals surface area contributed by atoms with E-state index >= 15 is 0 Å². The zero-order valence-corrected chi connectivity index (χ0v) is 14.8. The monoisotopic (exact) mass is 340 g/mol. The third-order valence-electron chi connectivity index (χ3n) is 1.50. The summed E-state index contributed by atoms with van der Waals surface area (Å²) in [5.74, 6) is 0. The molecule has 0 fully saturated rings. The van der Waals surface area contributed by atoms with Gasteiger partial charge < -0.3 is 13.9 Å². The van der Waals surface area contributed by atoms with Crippen LogP contribution in [0.3, 0.4) is 0 Å². The quantitative estimate of drug-likeness (QED) is 0.420. The fourth-order valence-electron chi connectivity index (χ4n) is 0.686. The number of rotatable bonds is 8. The van der Waals surface area contributed by atoms with Crippen molar-refractivity contribution in [3.05, 3.63) is 0 Å². The summed E-state index contributed by atoms with van der Waals surface area (Å²) < 4.78 is 10.2. The van der Waals surface area contributed by atoms with Crippen LogP contribution in [-0.2, 0) is 48.2 Å². The molecule has 1 N–H and O–H groups in total. The molecule has 0 aliphatic heterocycles. The average molecular weight is 339 g/mol. The summed E-state index contributed by atoms with van der Waals surface area (Å²) in [7, 11) is 0. The zero-order valence-electron chi connectivity index (χ0n) is 9.07. The Kier molecular flexibility index (Phi) is 14.0. The van der Waals surface area contributed by atoms with E-state index in [1.807, 2.05) is 0 Å². The van der Waals surface area contributed by atoms with Gasteiger partial charge in [-0.1, -0.05) is 26.7 Å². The van der Waals surface area contributed by atoms with Crippen LogP contribution in [0.4, 0.5) is 0 Å². The molecule has 6 heteroatoms. The van der Waals surface area contributed by atoms with Crippen molar-refractivity contribution in [3.63, 3.8) is 0 Å². The Morgan fingerprint density at radius 1 is 1.07 bits per heavy atom. The van der Waals surface area contributed by atoms with Gasteiger partial charge in [-0.3, -0.25) is 0 Å². The second-order valence-corrected chi connectivity index (χ2v) is 5.68. The Bertz CT molecular complexity index is 155. The van der Waals surface area contributed by atoms with Crippen molar-refractivity contribution in [1.29, 1.82) is 0 Å². The van der Waals surface area contributed by atoms with Gasteiger partial charge in [0.15, 0.2) is 0 Å². The van der Waals surface area contributed by atoms with Crippen molar-refractivity contribution in [2.24, 2.45) is 0 Å². The van der Waals surface area contributed by atoms with E-state index in [-0.39, 0.29) is 27.3 Å². The fraction of sp³-hybridized carbons (Fsp3) is 1.00. The maximum atomic E-state index is 9.45. The zero-order chi connectivity index (χ0) is 10.2. The fourth-order valence-corrected chi connectivity index (χ4v) is 1.93. The summed E-state index contributed by atoms with van der Waals surface area (Å²) in [6, 6.07) is 0. The van der Waals surface area contributed by atoms with E-state index in [1.165, 1.54) is 0 Å². The van der Waals surface area contributed by atoms with Crippen molar-refractivity contribution in [1.82, 2.24) is 0 Å². The van der Waals surface area contributed by atoms with E-state index in [9.17, 15) is 4.89 Å². The second kappa shape index (κ2) is 11.0. The van der Waals surface area contributed by atoms with Crippen LogP contribution >= 0.6 is 6.72 Å². The maximum Gasteiger partial charge on any atom is 0.324 e. The van der Waals surface area contributed by atoms with E-state index in [2.05, 4.69) is 13.8 Å². The van der Waals surface area contributed by atoms with Crippen molar-refractivity contribution in [3.8, 4) is 0 Å². The van der Waals surface area contributed by atoms with Gasteiger partial charge in [-0.25, -0.2) is 0 Å². The minimum Gasteiger partial charge on any atom is -0.324 e. The van der Waals surface area contributed by atoms with Crippen molar-refractivity contribution in [2.45, 2.75) is 39.5 Å². The summed E-state index contributed by atoms with van der Waals surface area (Å²) in [5, 5.41) is 0. The minimum atomic E-state index is -2.92. The number of unbranched alkanes of at least 4 members (excludes halogenated alkanes) is 2. The smallest absolute Gasteiger partial charge is 0.324 e. The maximum absolute atomic E-state index is 9.45.